The molecule has 0 spiro atoms. The molecule has 0 saturated heterocycles. The second-order valence-corrected chi connectivity index (χ2v) is 8.04. The van der Waals surface area contributed by atoms with Crippen LogP contribution in [0.4, 0.5) is 0 Å². The fourth-order valence-corrected chi connectivity index (χ4v) is 3.99. The Morgan fingerprint density at radius 3 is 2.61 bits per heavy atom. The molecule has 0 heterocycles. The highest BCUT2D eigenvalue weighted by Crippen LogP contribution is 2.44. The Balaban J connectivity index is 2.34. The highest BCUT2D eigenvalue weighted by Gasteiger charge is 2.26. The van der Waals surface area contributed by atoms with E-state index in [-0.39, 0.29) is 11.9 Å². The smallest absolute Gasteiger partial charge is 0.188 e. The van der Waals surface area contributed by atoms with Gasteiger partial charge in [0.1, 0.15) is 5.75 Å². The standard InChI is InChI=1S/C19H23O3P/c1-14-9-10-18(15(11-14)12-20)23-19(2,3)16-7-5-6-8-17(16)22-13-21-4/h5-12,23H,13H2,1-4H3. The van der Waals surface area contributed by atoms with Crippen molar-refractivity contribution < 1.29 is 14.3 Å². The molecule has 0 aliphatic rings. The predicted molar refractivity (Wildman–Crippen MR) is 96.5 cm³/mol. The van der Waals surface area contributed by atoms with E-state index in [9.17, 15) is 4.79 Å². The molecule has 0 aliphatic carbocycles. The lowest BCUT2D eigenvalue weighted by Crippen LogP contribution is -2.18. The predicted octanol–water partition coefficient (Wildman–Crippen LogP) is 4.03. The van der Waals surface area contributed by atoms with Gasteiger partial charge >= 0.3 is 0 Å². The minimum absolute atomic E-state index is 0.142. The molecule has 0 amide bonds. The van der Waals surface area contributed by atoms with Crippen molar-refractivity contribution >= 4 is 20.2 Å². The maximum Gasteiger partial charge on any atom is 0.188 e. The fourth-order valence-electron chi connectivity index (χ4n) is 2.53. The van der Waals surface area contributed by atoms with Gasteiger partial charge in [-0.3, -0.25) is 4.79 Å². The number of methoxy groups -OCH3 is 1. The Hall–Kier alpha value is -1.70. The van der Waals surface area contributed by atoms with E-state index < -0.39 is 0 Å². The molecule has 2 rings (SSSR count). The summed E-state index contributed by atoms with van der Waals surface area (Å²) >= 11 is 0. The number of para-hydroxylation sites is 1. The van der Waals surface area contributed by atoms with Gasteiger partial charge in [0.2, 0.25) is 0 Å². The van der Waals surface area contributed by atoms with Gasteiger partial charge in [-0.15, -0.1) is 0 Å². The van der Waals surface area contributed by atoms with Crippen molar-refractivity contribution in [3.63, 3.8) is 0 Å². The van der Waals surface area contributed by atoms with Crippen LogP contribution < -0.4 is 10.0 Å². The van der Waals surface area contributed by atoms with E-state index in [1.165, 1.54) is 0 Å². The molecule has 23 heavy (non-hydrogen) atoms. The minimum atomic E-state index is -0.142. The summed E-state index contributed by atoms with van der Waals surface area (Å²) in [4.78, 5) is 11.4. The first-order chi connectivity index (χ1) is 11.0. The van der Waals surface area contributed by atoms with Crippen LogP contribution in [0.2, 0.25) is 0 Å². The molecule has 1 unspecified atom stereocenters. The molecule has 0 bridgehead atoms. The second-order valence-electron chi connectivity index (χ2n) is 6.01. The maximum atomic E-state index is 11.4. The van der Waals surface area contributed by atoms with E-state index in [1.807, 2.05) is 31.2 Å². The molecule has 0 aliphatic heterocycles. The summed E-state index contributed by atoms with van der Waals surface area (Å²) in [7, 11) is 2.07. The number of hydrogen-bond acceptors (Lipinski definition) is 3. The molecule has 2 aromatic carbocycles. The van der Waals surface area contributed by atoms with Crippen LogP contribution in [0.25, 0.3) is 0 Å². The molecule has 0 aromatic heterocycles. The molecule has 122 valence electrons. The highest BCUT2D eigenvalue weighted by molar-refractivity contribution is 7.48. The number of aryl methyl sites for hydroxylation is 1. The molecule has 0 saturated carbocycles. The SMILES string of the molecule is COCOc1ccccc1C(C)(C)Pc1ccc(C)cc1C=O. The first kappa shape index (κ1) is 17.7. The Kier molecular flexibility index (Phi) is 5.92. The molecule has 1 atom stereocenters. The number of aldehydes is 1. The summed E-state index contributed by atoms with van der Waals surface area (Å²) in [6.07, 6.45) is 0.943. The van der Waals surface area contributed by atoms with Crippen LogP contribution in [0, 0.1) is 6.92 Å². The van der Waals surface area contributed by atoms with Crippen molar-refractivity contribution in [1.82, 2.24) is 0 Å². The van der Waals surface area contributed by atoms with Crippen molar-refractivity contribution in [2.45, 2.75) is 25.9 Å². The van der Waals surface area contributed by atoms with E-state index in [0.717, 1.165) is 34.0 Å². The molecule has 2 aromatic rings. The summed E-state index contributed by atoms with van der Waals surface area (Å²) < 4.78 is 10.7. The number of carbonyl (C=O) groups excluding carboxylic acids is 1. The highest BCUT2D eigenvalue weighted by atomic mass is 31.1. The molecule has 3 nitrogen and oxygen atoms in total. The number of ether oxygens (including phenoxy) is 2. The normalized spacial score (nSPS) is 11.8. The van der Waals surface area contributed by atoms with Gasteiger partial charge in [0.25, 0.3) is 0 Å². The van der Waals surface area contributed by atoms with Gasteiger partial charge in [-0.2, -0.15) is 0 Å². The van der Waals surface area contributed by atoms with Crippen LogP contribution in [0.3, 0.4) is 0 Å². The van der Waals surface area contributed by atoms with Crippen LogP contribution in [0.1, 0.15) is 35.3 Å². The summed E-state index contributed by atoms with van der Waals surface area (Å²) in [5.41, 5.74) is 2.99. The van der Waals surface area contributed by atoms with E-state index >= 15 is 0 Å². The number of rotatable bonds is 7. The van der Waals surface area contributed by atoms with E-state index in [4.69, 9.17) is 9.47 Å². The summed E-state index contributed by atoms with van der Waals surface area (Å²) in [5.74, 6) is 0.826. The van der Waals surface area contributed by atoms with Crippen molar-refractivity contribution in [2.24, 2.45) is 0 Å². The number of carbonyl (C=O) groups is 1. The first-order valence-corrected chi connectivity index (χ1v) is 8.53. The van der Waals surface area contributed by atoms with Gasteiger partial charge in [-0.05, 0) is 24.4 Å². The topological polar surface area (TPSA) is 35.5 Å². The summed E-state index contributed by atoms with van der Waals surface area (Å²) in [5, 5.41) is 0.939. The summed E-state index contributed by atoms with van der Waals surface area (Å²) in [6.45, 7) is 6.57. The van der Waals surface area contributed by atoms with Crippen molar-refractivity contribution in [2.75, 3.05) is 13.9 Å². The van der Waals surface area contributed by atoms with Crippen molar-refractivity contribution in [3.8, 4) is 5.75 Å². The zero-order chi connectivity index (χ0) is 16.9. The van der Waals surface area contributed by atoms with Gasteiger partial charge in [-0.1, -0.05) is 58.3 Å². The number of benzene rings is 2. The third-order valence-electron chi connectivity index (χ3n) is 3.67. The lowest BCUT2D eigenvalue weighted by atomic mass is 10.0. The van der Waals surface area contributed by atoms with Crippen LogP contribution in [0.5, 0.6) is 5.75 Å². The van der Waals surface area contributed by atoms with E-state index in [0.29, 0.717) is 8.58 Å². The van der Waals surface area contributed by atoms with Crippen molar-refractivity contribution in [1.29, 1.82) is 0 Å². The second kappa shape index (κ2) is 7.72. The average molecular weight is 330 g/mol. The Labute approximate surface area is 139 Å². The molecule has 0 fully saturated rings. The quantitative estimate of drug-likeness (QED) is 0.437. The Morgan fingerprint density at radius 1 is 1.17 bits per heavy atom. The third-order valence-corrected chi connectivity index (χ3v) is 5.29. The van der Waals surface area contributed by atoms with Crippen LogP contribution >= 0.6 is 8.58 Å². The maximum absolute atomic E-state index is 11.4. The molecular weight excluding hydrogens is 307 g/mol. The van der Waals surface area contributed by atoms with Gasteiger partial charge in [0, 0.05) is 23.4 Å². The van der Waals surface area contributed by atoms with E-state index in [1.54, 1.807) is 7.11 Å². The molecule has 4 heteroatoms. The van der Waals surface area contributed by atoms with Gasteiger partial charge < -0.3 is 9.47 Å². The molecule has 0 N–H and O–H groups in total. The third kappa shape index (κ3) is 4.40. The monoisotopic (exact) mass is 330 g/mol. The fraction of sp³-hybridized carbons (Fsp3) is 0.316. The number of hydrogen-bond donors (Lipinski definition) is 0. The Morgan fingerprint density at radius 2 is 1.91 bits per heavy atom. The lowest BCUT2D eigenvalue weighted by molar-refractivity contribution is 0.0501. The van der Waals surface area contributed by atoms with E-state index in [2.05, 4.69) is 32.0 Å². The van der Waals surface area contributed by atoms with Gasteiger partial charge in [-0.25, -0.2) is 0 Å². The first-order valence-electron chi connectivity index (χ1n) is 7.53. The lowest BCUT2D eigenvalue weighted by Gasteiger charge is -2.28. The zero-order valence-corrected chi connectivity index (χ0v) is 15.1. The summed E-state index contributed by atoms with van der Waals surface area (Å²) in [6, 6.07) is 14.0. The van der Waals surface area contributed by atoms with Crippen LogP contribution in [0.15, 0.2) is 42.5 Å². The molecular formula is C19H23O3P. The zero-order valence-electron chi connectivity index (χ0n) is 14.1. The van der Waals surface area contributed by atoms with Gasteiger partial charge in [0.05, 0.1) is 0 Å². The van der Waals surface area contributed by atoms with Crippen LogP contribution in [-0.4, -0.2) is 20.2 Å². The van der Waals surface area contributed by atoms with Crippen LogP contribution in [-0.2, 0) is 9.89 Å². The molecule has 0 radical (unpaired) electrons. The Bertz CT molecular complexity index is 680. The van der Waals surface area contributed by atoms with Crippen molar-refractivity contribution in [3.05, 3.63) is 59.2 Å². The largest absolute Gasteiger partial charge is 0.467 e. The average Bonchev–Trinajstić information content (AvgIpc) is 2.54. The van der Waals surface area contributed by atoms with Gasteiger partial charge in [0.15, 0.2) is 13.1 Å². The minimum Gasteiger partial charge on any atom is -0.467 e.